The number of unbranched alkanes of at least 4 members (excludes halogenated alkanes) is 3. The number of carboxylic acid groups (broad SMARTS) is 1. The van der Waals surface area contributed by atoms with Crippen molar-refractivity contribution in [3.05, 3.63) is 35.6 Å². The third-order valence-electron chi connectivity index (χ3n) is 3.06. The van der Waals surface area contributed by atoms with Gasteiger partial charge in [-0.2, -0.15) is 0 Å². The third kappa shape index (κ3) is 5.38. The Morgan fingerprint density at radius 3 is 2.40 bits per heavy atom. The Morgan fingerprint density at radius 1 is 1.20 bits per heavy atom. The van der Waals surface area contributed by atoms with Crippen molar-refractivity contribution in [2.45, 2.75) is 45.1 Å². The van der Waals surface area contributed by atoms with Crippen molar-refractivity contribution in [3.63, 3.8) is 0 Å². The number of carboxylic acids is 1. The van der Waals surface area contributed by atoms with Crippen molar-refractivity contribution in [1.29, 1.82) is 0 Å². The smallest absolute Gasteiger partial charge is 0.326 e. The molecule has 0 bridgehead atoms. The summed E-state index contributed by atoms with van der Waals surface area (Å²) in [6, 6.07) is 4.11. The molecular formula is C15H20FNO3. The van der Waals surface area contributed by atoms with E-state index in [-0.39, 0.29) is 5.56 Å². The number of hydrogen-bond acceptors (Lipinski definition) is 2. The summed E-state index contributed by atoms with van der Waals surface area (Å²) >= 11 is 0. The van der Waals surface area contributed by atoms with Crippen molar-refractivity contribution in [2.75, 3.05) is 0 Å². The Labute approximate surface area is 118 Å². The SMILES string of the molecule is CCCCCC[C@@H](NC(=O)c1ccc(F)cc1)C(=O)O. The molecule has 1 aromatic rings. The highest BCUT2D eigenvalue weighted by Gasteiger charge is 2.20. The lowest BCUT2D eigenvalue weighted by atomic mass is 10.1. The number of carbonyl (C=O) groups is 2. The quantitative estimate of drug-likeness (QED) is 0.720. The molecule has 20 heavy (non-hydrogen) atoms. The van der Waals surface area contributed by atoms with Gasteiger partial charge in [0.1, 0.15) is 11.9 Å². The van der Waals surface area contributed by atoms with Crippen molar-refractivity contribution < 1.29 is 19.1 Å². The summed E-state index contributed by atoms with van der Waals surface area (Å²) < 4.78 is 12.8. The Hall–Kier alpha value is -1.91. The van der Waals surface area contributed by atoms with E-state index in [1.165, 1.54) is 24.3 Å². The van der Waals surface area contributed by atoms with Crippen LogP contribution < -0.4 is 5.32 Å². The second-order valence-corrected chi connectivity index (χ2v) is 4.72. The molecule has 1 amide bonds. The Morgan fingerprint density at radius 2 is 1.85 bits per heavy atom. The molecule has 0 unspecified atom stereocenters. The lowest BCUT2D eigenvalue weighted by Gasteiger charge is -2.14. The molecule has 110 valence electrons. The van der Waals surface area contributed by atoms with E-state index < -0.39 is 23.7 Å². The van der Waals surface area contributed by atoms with E-state index in [1.54, 1.807) is 0 Å². The highest BCUT2D eigenvalue weighted by Crippen LogP contribution is 2.08. The number of benzene rings is 1. The maximum Gasteiger partial charge on any atom is 0.326 e. The number of hydrogen-bond donors (Lipinski definition) is 2. The summed E-state index contributed by atoms with van der Waals surface area (Å²) in [5.41, 5.74) is 0.256. The van der Waals surface area contributed by atoms with E-state index in [2.05, 4.69) is 12.2 Å². The van der Waals surface area contributed by atoms with Crippen LogP contribution in [0.1, 0.15) is 49.4 Å². The average Bonchev–Trinajstić information content (AvgIpc) is 2.42. The summed E-state index contributed by atoms with van der Waals surface area (Å²) in [6.45, 7) is 2.07. The van der Waals surface area contributed by atoms with Crippen molar-refractivity contribution in [3.8, 4) is 0 Å². The first-order valence-electron chi connectivity index (χ1n) is 6.83. The monoisotopic (exact) mass is 281 g/mol. The van der Waals surface area contributed by atoms with Crippen molar-refractivity contribution >= 4 is 11.9 Å². The van der Waals surface area contributed by atoms with Crippen LogP contribution in [-0.4, -0.2) is 23.0 Å². The normalized spacial score (nSPS) is 11.9. The Bertz CT molecular complexity index is 445. The van der Waals surface area contributed by atoms with Crippen LogP contribution >= 0.6 is 0 Å². The first-order valence-corrected chi connectivity index (χ1v) is 6.83. The molecule has 4 nitrogen and oxygen atoms in total. The summed E-state index contributed by atoms with van der Waals surface area (Å²) in [6.07, 6.45) is 4.24. The molecule has 0 saturated carbocycles. The molecule has 0 heterocycles. The molecule has 0 aromatic heterocycles. The molecule has 5 heteroatoms. The predicted molar refractivity (Wildman–Crippen MR) is 74.0 cm³/mol. The van der Waals surface area contributed by atoms with Crippen LogP contribution in [0.25, 0.3) is 0 Å². The predicted octanol–water partition coefficient (Wildman–Crippen LogP) is 2.98. The average molecular weight is 281 g/mol. The van der Waals surface area contributed by atoms with Gasteiger partial charge in [-0.05, 0) is 30.7 Å². The molecular weight excluding hydrogens is 261 g/mol. The minimum absolute atomic E-state index is 0.256. The van der Waals surface area contributed by atoms with Crippen LogP contribution in [0.2, 0.25) is 0 Å². The van der Waals surface area contributed by atoms with E-state index in [0.29, 0.717) is 6.42 Å². The minimum atomic E-state index is -1.04. The second kappa shape index (κ2) is 8.30. The van der Waals surface area contributed by atoms with E-state index in [0.717, 1.165) is 25.7 Å². The second-order valence-electron chi connectivity index (χ2n) is 4.72. The molecule has 0 saturated heterocycles. The van der Waals surface area contributed by atoms with Gasteiger partial charge in [-0.1, -0.05) is 32.6 Å². The summed E-state index contributed by atoms with van der Waals surface area (Å²) in [5.74, 6) is -1.97. The van der Waals surface area contributed by atoms with Gasteiger partial charge < -0.3 is 10.4 Å². The van der Waals surface area contributed by atoms with Crippen LogP contribution in [0.4, 0.5) is 4.39 Å². The molecule has 1 atom stereocenters. The fourth-order valence-corrected chi connectivity index (χ4v) is 1.88. The molecule has 0 fully saturated rings. The molecule has 0 aliphatic heterocycles. The molecule has 0 spiro atoms. The molecule has 2 N–H and O–H groups in total. The first kappa shape index (κ1) is 16.1. The van der Waals surface area contributed by atoms with Crippen molar-refractivity contribution in [1.82, 2.24) is 5.32 Å². The number of nitrogens with one attached hydrogen (secondary N) is 1. The highest BCUT2D eigenvalue weighted by molar-refractivity contribution is 5.96. The Kier molecular flexibility index (Phi) is 6.70. The van der Waals surface area contributed by atoms with E-state index in [4.69, 9.17) is 5.11 Å². The molecule has 0 radical (unpaired) electrons. The lowest BCUT2D eigenvalue weighted by molar-refractivity contribution is -0.139. The number of aliphatic carboxylic acids is 1. The van der Waals surface area contributed by atoms with Gasteiger partial charge in [0, 0.05) is 5.56 Å². The minimum Gasteiger partial charge on any atom is -0.480 e. The van der Waals surface area contributed by atoms with Gasteiger partial charge in [0.15, 0.2) is 0 Å². The zero-order chi connectivity index (χ0) is 15.0. The maximum absolute atomic E-state index is 12.8. The van der Waals surface area contributed by atoms with Gasteiger partial charge in [-0.15, -0.1) is 0 Å². The largest absolute Gasteiger partial charge is 0.480 e. The van der Waals surface area contributed by atoms with Crippen LogP contribution in [0.3, 0.4) is 0 Å². The molecule has 0 aliphatic rings. The fourth-order valence-electron chi connectivity index (χ4n) is 1.88. The van der Waals surface area contributed by atoms with Crippen LogP contribution in [0.15, 0.2) is 24.3 Å². The summed E-state index contributed by atoms with van der Waals surface area (Å²) in [5, 5.41) is 11.6. The maximum atomic E-state index is 12.8. The van der Waals surface area contributed by atoms with E-state index >= 15 is 0 Å². The number of rotatable bonds is 8. The molecule has 1 aromatic carbocycles. The van der Waals surface area contributed by atoms with Gasteiger partial charge in [-0.3, -0.25) is 4.79 Å². The van der Waals surface area contributed by atoms with Crippen molar-refractivity contribution in [2.24, 2.45) is 0 Å². The highest BCUT2D eigenvalue weighted by atomic mass is 19.1. The van der Waals surface area contributed by atoms with Gasteiger partial charge in [-0.25, -0.2) is 9.18 Å². The van der Waals surface area contributed by atoms with Gasteiger partial charge in [0.25, 0.3) is 5.91 Å². The topological polar surface area (TPSA) is 66.4 Å². The fraction of sp³-hybridized carbons (Fsp3) is 0.467. The van der Waals surface area contributed by atoms with Gasteiger partial charge in [0.05, 0.1) is 0 Å². The molecule has 0 aliphatic carbocycles. The van der Waals surface area contributed by atoms with Gasteiger partial charge >= 0.3 is 5.97 Å². The number of carbonyl (C=O) groups excluding carboxylic acids is 1. The Balaban J connectivity index is 2.54. The zero-order valence-electron chi connectivity index (χ0n) is 11.6. The number of amides is 1. The third-order valence-corrected chi connectivity index (χ3v) is 3.06. The van der Waals surface area contributed by atoms with E-state index in [1.807, 2.05) is 0 Å². The first-order chi connectivity index (χ1) is 9.54. The van der Waals surface area contributed by atoms with Crippen LogP contribution in [0, 0.1) is 5.82 Å². The standard InChI is InChI=1S/C15H20FNO3/c1-2-3-4-5-6-13(15(19)20)17-14(18)11-7-9-12(16)10-8-11/h7-10,13H,2-6H2,1H3,(H,17,18)(H,19,20)/t13-/m1/s1. The van der Waals surface area contributed by atoms with Crippen LogP contribution in [-0.2, 0) is 4.79 Å². The molecule has 1 rings (SSSR count). The van der Waals surface area contributed by atoms with Crippen LogP contribution in [0.5, 0.6) is 0 Å². The number of halogens is 1. The lowest BCUT2D eigenvalue weighted by Crippen LogP contribution is -2.40. The zero-order valence-corrected chi connectivity index (χ0v) is 11.6. The summed E-state index contributed by atoms with van der Waals surface area (Å²) in [7, 11) is 0. The van der Waals surface area contributed by atoms with Gasteiger partial charge in [0.2, 0.25) is 0 Å². The summed E-state index contributed by atoms with van der Waals surface area (Å²) in [4.78, 5) is 23.0. The van der Waals surface area contributed by atoms with E-state index in [9.17, 15) is 14.0 Å².